The number of aromatic nitrogens is 2. The third-order valence-corrected chi connectivity index (χ3v) is 5.28. The normalized spacial score (nSPS) is 16.7. The Bertz CT molecular complexity index is 667. The topological polar surface area (TPSA) is 41.4 Å². The minimum Gasteiger partial charge on any atom is -0.348 e. The zero-order chi connectivity index (χ0) is 16.1. The molecular weight excluding hydrogens is 335 g/mol. The van der Waals surface area contributed by atoms with Gasteiger partial charge >= 0.3 is 0 Å². The molecule has 0 spiro atoms. The smallest absolute Gasteiger partial charge is 0.186 e. The van der Waals surface area contributed by atoms with E-state index in [4.69, 9.17) is 11.6 Å². The first-order valence-electron chi connectivity index (χ1n) is 8.01. The van der Waals surface area contributed by atoms with Crippen molar-refractivity contribution in [2.75, 3.05) is 24.7 Å². The van der Waals surface area contributed by atoms with Gasteiger partial charge in [0, 0.05) is 13.1 Å². The molecule has 0 unspecified atom stereocenters. The maximum absolute atomic E-state index is 12.0. The van der Waals surface area contributed by atoms with E-state index in [2.05, 4.69) is 19.9 Å². The number of pyridine rings is 1. The number of fused-ring (bicyclic) bond motifs is 1. The van der Waals surface area contributed by atoms with Crippen molar-refractivity contribution in [2.45, 2.75) is 38.1 Å². The van der Waals surface area contributed by atoms with Crippen LogP contribution in [0, 0.1) is 0 Å². The van der Waals surface area contributed by atoms with Crippen LogP contribution in [-0.4, -0.2) is 42.0 Å². The molecule has 124 valence electrons. The second-order valence-electron chi connectivity index (χ2n) is 5.71. The summed E-state index contributed by atoms with van der Waals surface area (Å²) in [6.07, 6.45) is 8.19. The number of alkyl halides is 1. The summed E-state index contributed by atoms with van der Waals surface area (Å²) in [7, 11) is 0. The number of anilines is 1. The quantitative estimate of drug-likeness (QED) is 0.435. The Kier molecular flexibility index (Phi) is 5.78. The van der Waals surface area contributed by atoms with Crippen molar-refractivity contribution in [3.05, 3.63) is 17.4 Å². The summed E-state index contributed by atoms with van der Waals surface area (Å²) in [5.74, 6) is 0. The van der Waals surface area contributed by atoms with Crippen molar-refractivity contribution in [1.82, 2.24) is 9.97 Å². The van der Waals surface area contributed by atoms with Gasteiger partial charge in [-0.15, -0.1) is 0 Å². The second-order valence-corrected chi connectivity index (χ2v) is 7.10. The van der Waals surface area contributed by atoms with E-state index in [9.17, 15) is 4.39 Å². The third-order valence-electron chi connectivity index (χ3n) is 4.00. The monoisotopic (exact) mass is 354 g/mol. The highest BCUT2D eigenvalue weighted by Crippen LogP contribution is 2.31. The fourth-order valence-corrected chi connectivity index (χ4v) is 3.94. The highest BCUT2D eigenvalue weighted by molar-refractivity contribution is 7.22. The van der Waals surface area contributed by atoms with Gasteiger partial charge in [0.05, 0.1) is 23.6 Å². The molecule has 3 heterocycles. The van der Waals surface area contributed by atoms with E-state index in [-0.39, 0.29) is 6.67 Å². The van der Waals surface area contributed by atoms with E-state index in [1.54, 1.807) is 17.5 Å². The van der Waals surface area contributed by atoms with Crippen LogP contribution in [-0.2, 0) is 0 Å². The Morgan fingerprint density at radius 3 is 3.00 bits per heavy atom. The number of halogens is 2. The van der Waals surface area contributed by atoms with Gasteiger partial charge in [-0.2, -0.15) is 0 Å². The summed E-state index contributed by atoms with van der Waals surface area (Å²) in [5.41, 5.74) is 0.905. The molecular formula is C16H20ClFN4S. The Hall–Kier alpha value is -1.27. The molecule has 0 radical (unpaired) electrons. The summed E-state index contributed by atoms with van der Waals surface area (Å²) < 4.78 is 13.1. The van der Waals surface area contributed by atoms with Crippen molar-refractivity contribution in [2.24, 2.45) is 4.99 Å². The lowest BCUT2D eigenvalue weighted by Crippen LogP contribution is -2.35. The van der Waals surface area contributed by atoms with E-state index in [0.29, 0.717) is 17.6 Å². The fraction of sp³-hybridized carbons (Fsp3) is 0.562. The van der Waals surface area contributed by atoms with Crippen molar-refractivity contribution in [3.8, 4) is 0 Å². The summed E-state index contributed by atoms with van der Waals surface area (Å²) in [6.45, 7) is 1.70. The molecule has 0 bridgehead atoms. The van der Waals surface area contributed by atoms with E-state index in [0.717, 1.165) is 54.1 Å². The highest BCUT2D eigenvalue weighted by Gasteiger charge is 2.20. The van der Waals surface area contributed by atoms with Gasteiger partial charge in [0.1, 0.15) is 10.7 Å². The van der Waals surface area contributed by atoms with Gasteiger partial charge in [-0.05, 0) is 44.4 Å². The third kappa shape index (κ3) is 4.38. The minimum atomic E-state index is -0.227. The Labute approximate surface area is 144 Å². The molecule has 2 aromatic rings. The van der Waals surface area contributed by atoms with Crippen molar-refractivity contribution < 1.29 is 4.39 Å². The summed E-state index contributed by atoms with van der Waals surface area (Å²) in [6, 6.07) is 2.26. The van der Waals surface area contributed by atoms with Crippen LogP contribution in [0.25, 0.3) is 10.2 Å². The van der Waals surface area contributed by atoms with Crippen LogP contribution in [0.4, 0.5) is 9.52 Å². The molecule has 0 N–H and O–H groups in total. The number of rotatable bonds is 6. The van der Waals surface area contributed by atoms with Crippen molar-refractivity contribution in [1.29, 1.82) is 0 Å². The van der Waals surface area contributed by atoms with Crippen molar-refractivity contribution in [3.63, 3.8) is 0 Å². The summed E-state index contributed by atoms with van der Waals surface area (Å²) >= 11 is 7.59. The average molecular weight is 355 g/mol. The average Bonchev–Trinajstić information content (AvgIpc) is 2.98. The van der Waals surface area contributed by atoms with Crippen LogP contribution in [0.3, 0.4) is 0 Å². The number of nitrogens with zero attached hydrogens (tertiary/aromatic N) is 4. The Morgan fingerprint density at radius 1 is 1.39 bits per heavy atom. The van der Waals surface area contributed by atoms with Gasteiger partial charge in [0.25, 0.3) is 0 Å². The molecule has 0 saturated carbocycles. The molecule has 23 heavy (non-hydrogen) atoms. The number of aliphatic imine (C=N–C) groups is 1. The van der Waals surface area contributed by atoms with Crippen LogP contribution in [0.2, 0.25) is 5.15 Å². The number of hydrogen-bond donors (Lipinski definition) is 0. The van der Waals surface area contributed by atoms with Gasteiger partial charge in [0.2, 0.25) is 0 Å². The van der Waals surface area contributed by atoms with Crippen LogP contribution in [0.1, 0.15) is 32.1 Å². The van der Waals surface area contributed by atoms with Gasteiger partial charge in [-0.3, -0.25) is 9.38 Å². The first kappa shape index (κ1) is 16.6. The molecule has 0 atom stereocenters. The van der Waals surface area contributed by atoms with Crippen LogP contribution in [0.5, 0.6) is 0 Å². The minimum absolute atomic E-state index is 0.227. The van der Waals surface area contributed by atoms with Crippen LogP contribution in [0.15, 0.2) is 17.3 Å². The largest absolute Gasteiger partial charge is 0.348 e. The summed E-state index contributed by atoms with van der Waals surface area (Å²) in [5, 5.41) is 1.54. The Morgan fingerprint density at radius 2 is 2.22 bits per heavy atom. The molecule has 1 aliphatic rings. The predicted octanol–water partition coefficient (Wildman–Crippen LogP) is 4.52. The first-order valence-corrected chi connectivity index (χ1v) is 9.20. The molecule has 1 saturated heterocycles. The number of thiazole rings is 1. The molecule has 2 aromatic heterocycles. The lowest BCUT2D eigenvalue weighted by Gasteiger charge is -2.29. The van der Waals surface area contributed by atoms with Gasteiger partial charge in [0.15, 0.2) is 5.13 Å². The van der Waals surface area contributed by atoms with Crippen LogP contribution >= 0.6 is 22.9 Å². The van der Waals surface area contributed by atoms with Gasteiger partial charge < -0.3 is 4.90 Å². The maximum atomic E-state index is 12.0. The maximum Gasteiger partial charge on any atom is 0.186 e. The SMILES string of the molecule is FCCCCC=NC1CCN(c2nc3cnc(Cl)cc3s2)CC1. The molecule has 1 fully saturated rings. The lowest BCUT2D eigenvalue weighted by molar-refractivity contribution is 0.465. The molecule has 3 rings (SSSR count). The zero-order valence-corrected chi connectivity index (χ0v) is 14.5. The van der Waals surface area contributed by atoms with Crippen LogP contribution < -0.4 is 4.90 Å². The Balaban J connectivity index is 1.53. The standard InChI is InChI=1S/C16H20ClFN4S/c17-15-10-14-13(11-20-15)21-16(23-14)22-8-4-12(5-9-22)19-7-3-1-2-6-18/h7,10-12H,1-6,8-9H2. The van der Waals surface area contributed by atoms with Gasteiger partial charge in [-0.1, -0.05) is 22.9 Å². The lowest BCUT2D eigenvalue weighted by atomic mass is 10.1. The van der Waals surface area contributed by atoms with E-state index < -0.39 is 0 Å². The summed E-state index contributed by atoms with van der Waals surface area (Å²) in [4.78, 5) is 15.7. The number of piperidine rings is 1. The molecule has 4 nitrogen and oxygen atoms in total. The highest BCUT2D eigenvalue weighted by atomic mass is 35.5. The predicted molar refractivity (Wildman–Crippen MR) is 96.0 cm³/mol. The van der Waals surface area contributed by atoms with E-state index in [1.165, 1.54) is 0 Å². The van der Waals surface area contributed by atoms with E-state index >= 15 is 0 Å². The van der Waals surface area contributed by atoms with E-state index in [1.807, 2.05) is 12.3 Å². The molecule has 0 aliphatic carbocycles. The van der Waals surface area contributed by atoms with Gasteiger partial charge in [-0.25, -0.2) is 9.97 Å². The molecule has 1 aliphatic heterocycles. The fourth-order valence-electron chi connectivity index (χ4n) is 2.69. The number of hydrogen-bond acceptors (Lipinski definition) is 5. The first-order chi connectivity index (χ1) is 11.3. The second kappa shape index (κ2) is 8.02. The number of unbranched alkanes of at least 4 members (excludes halogenated alkanes) is 2. The van der Waals surface area contributed by atoms with Crippen molar-refractivity contribution >= 4 is 44.5 Å². The molecule has 7 heteroatoms. The molecule has 0 aromatic carbocycles. The zero-order valence-electron chi connectivity index (χ0n) is 12.9. The molecule has 0 amide bonds.